The monoisotopic (exact) mass is 477 g/mol. The average molecular weight is 478 g/mol. The number of carbonyl (C=O) groups excluding carboxylic acids is 3. The van der Waals surface area contributed by atoms with Crippen molar-refractivity contribution in [3.05, 3.63) is 92.9 Å². The first kappa shape index (κ1) is 23.3. The van der Waals surface area contributed by atoms with Crippen molar-refractivity contribution in [3.8, 4) is 5.69 Å². The summed E-state index contributed by atoms with van der Waals surface area (Å²) in [6.45, 7) is 5.99. The summed E-state index contributed by atoms with van der Waals surface area (Å²) in [5.41, 5.74) is 5.99. The van der Waals surface area contributed by atoms with Crippen LogP contribution in [0.1, 0.15) is 38.4 Å². The van der Waals surface area contributed by atoms with Gasteiger partial charge in [-0.1, -0.05) is 23.7 Å². The fraction of sp³-hybridized carbons (Fsp3) is 0.192. The Labute approximate surface area is 202 Å². The number of amides is 3. The van der Waals surface area contributed by atoms with Gasteiger partial charge < -0.3 is 14.6 Å². The van der Waals surface area contributed by atoms with Gasteiger partial charge in [-0.15, -0.1) is 0 Å². The number of aromatic nitrogens is 1. The van der Waals surface area contributed by atoms with Crippen molar-refractivity contribution in [2.45, 2.75) is 27.3 Å². The van der Waals surface area contributed by atoms with E-state index in [0.717, 1.165) is 33.8 Å². The molecule has 7 nitrogen and oxygen atoms in total. The minimum absolute atomic E-state index is 0.157. The third-order valence-electron chi connectivity index (χ3n) is 5.85. The number of nitrogens with zero attached hydrogens (tertiary/aromatic N) is 2. The van der Waals surface area contributed by atoms with Gasteiger partial charge >= 0.3 is 12.0 Å². The number of methoxy groups -OCH3 is 1. The molecule has 1 N–H and O–H groups in total. The van der Waals surface area contributed by atoms with Gasteiger partial charge in [0.1, 0.15) is 5.70 Å². The van der Waals surface area contributed by atoms with Crippen LogP contribution in [0.15, 0.2) is 54.2 Å². The lowest BCUT2D eigenvalue weighted by Gasteiger charge is -2.14. The van der Waals surface area contributed by atoms with E-state index < -0.39 is 6.03 Å². The quantitative estimate of drug-likeness (QED) is 0.321. The number of urea groups is 1. The summed E-state index contributed by atoms with van der Waals surface area (Å²) < 4.78 is 6.85. The van der Waals surface area contributed by atoms with Crippen LogP contribution in [0.4, 0.5) is 4.79 Å². The van der Waals surface area contributed by atoms with Crippen molar-refractivity contribution in [3.63, 3.8) is 0 Å². The van der Waals surface area contributed by atoms with Gasteiger partial charge in [0.25, 0.3) is 5.91 Å². The number of imide groups is 1. The van der Waals surface area contributed by atoms with E-state index in [0.29, 0.717) is 10.6 Å². The van der Waals surface area contributed by atoms with Crippen molar-refractivity contribution >= 4 is 35.6 Å². The lowest BCUT2D eigenvalue weighted by molar-refractivity contribution is -0.123. The molecule has 1 aromatic heterocycles. The second-order valence-electron chi connectivity index (χ2n) is 8.16. The second-order valence-corrected chi connectivity index (χ2v) is 8.60. The summed E-state index contributed by atoms with van der Waals surface area (Å²) in [7, 11) is 1.35. The number of carbonyl (C=O) groups is 3. The molecule has 34 heavy (non-hydrogen) atoms. The lowest BCUT2D eigenvalue weighted by Crippen LogP contribution is -2.30. The molecule has 0 radical (unpaired) electrons. The van der Waals surface area contributed by atoms with Crippen LogP contribution in [-0.2, 0) is 16.1 Å². The zero-order chi connectivity index (χ0) is 24.6. The minimum atomic E-state index is -0.464. The van der Waals surface area contributed by atoms with Gasteiger partial charge in [0.15, 0.2) is 0 Å². The van der Waals surface area contributed by atoms with Crippen molar-refractivity contribution in [1.82, 2.24) is 14.8 Å². The summed E-state index contributed by atoms with van der Waals surface area (Å²) in [4.78, 5) is 38.4. The van der Waals surface area contributed by atoms with Gasteiger partial charge in [-0.25, -0.2) is 9.59 Å². The number of aryl methyl sites for hydroxylation is 2. The van der Waals surface area contributed by atoms with Gasteiger partial charge in [-0.3, -0.25) is 9.69 Å². The molecule has 3 amide bonds. The second kappa shape index (κ2) is 9.19. The highest BCUT2D eigenvalue weighted by Gasteiger charge is 2.33. The predicted octanol–water partition coefficient (Wildman–Crippen LogP) is 4.94. The largest absolute Gasteiger partial charge is 0.465 e. The number of hydrogen-bond acceptors (Lipinski definition) is 4. The van der Waals surface area contributed by atoms with Gasteiger partial charge in [-0.05, 0) is 79.9 Å². The maximum Gasteiger partial charge on any atom is 0.337 e. The van der Waals surface area contributed by atoms with Crippen LogP contribution in [0, 0.1) is 20.8 Å². The summed E-state index contributed by atoms with van der Waals surface area (Å²) in [6.07, 6.45) is 1.69. The van der Waals surface area contributed by atoms with Crippen LogP contribution in [-0.4, -0.2) is 34.5 Å². The zero-order valence-electron chi connectivity index (χ0n) is 19.3. The molecule has 1 aliphatic heterocycles. The molecule has 0 atom stereocenters. The van der Waals surface area contributed by atoms with Crippen LogP contribution >= 0.6 is 11.6 Å². The molecule has 2 heterocycles. The van der Waals surface area contributed by atoms with E-state index in [1.807, 2.05) is 32.9 Å². The molecule has 0 saturated carbocycles. The molecule has 0 aliphatic carbocycles. The fourth-order valence-electron chi connectivity index (χ4n) is 4.10. The Kier molecular flexibility index (Phi) is 6.30. The summed E-state index contributed by atoms with van der Waals surface area (Å²) in [5.74, 6) is -0.775. The van der Waals surface area contributed by atoms with E-state index in [9.17, 15) is 14.4 Å². The van der Waals surface area contributed by atoms with Gasteiger partial charge in [0.2, 0.25) is 0 Å². The van der Waals surface area contributed by atoms with Gasteiger partial charge in [0.05, 0.1) is 19.2 Å². The lowest BCUT2D eigenvalue weighted by atomic mass is 10.1. The average Bonchev–Trinajstić information content (AvgIpc) is 3.23. The predicted molar refractivity (Wildman–Crippen MR) is 130 cm³/mol. The first-order valence-electron chi connectivity index (χ1n) is 10.7. The van der Waals surface area contributed by atoms with Crippen LogP contribution < -0.4 is 5.32 Å². The highest BCUT2D eigenvalue weighted by molar-refractivity contribution is 6.30. The van der Waals surface area contributed by atoms with Gasteiger partial charge in [0, 0.05) is 22.1 Å². The Morgan fingerprint density at radius 3 is 2.41 bits per heavy atom. The van der Waals surface area contributed by atoms with Crippen molar-refractivity contribution in [2.75, 3.05) is 7.11 Å². The van der Waals surface area contributed by atoms with E-state index in [4.69, 9.17) is 16.3 Å². The molecule has 4 rings (SSSR count). The Balaban J connectivity index is 1.63. The maximum atomic E-state index is 12.9. The van der Waals surface area contributed by atoms with Crippen LogP contribution in [0.5, 0.6) is 0 Å². The number of nitrogens with one attached hydrogen (secondary N) is 1. The van der Waals surface area contributed by atoms with Crippen LogP contribution in [0.25, 0.3) is 11.8 Å². The molecular formula is C26H24ClN3O4. The Morgan fingerprint density at radius 2 is 1.76 bits per heavy atom. The minimum Gasteiger partial charge on any atom is -0.465 e. The van der Waals surface area contributed by atoms with Gasteiger partial charge in [-0.2, -0.15) is 0 Å². The van der Waals surface area contributed by atoms with E-state index in [1.165, 1.54) is 12.0 Å². The molecule has 1 saturated heterocycles. The highest BCUT2D eigenvalue weighted by Crippen LogP contribution is 2.27. The van der Waals surface area contributed by atoms with E-state index in [-0.39, 0.29) is 24.1 Å². The standard InChI is InChI=1S/C26H24ClN3O4/c1-15-11-19(25(32)34-4)7-10-23(15)30-16(2)12-20(17(30)3)13-22-24(31)29(26(33)28-22)14-18-5-8-21(27)9-6-18/h5-13H,14H2,1-4H3,(H,28,33)/b22-13-. The first-order valence-corrected chi connectivity index (χ1v) is 11.0. The number of ether oxygens (including phenoxy) is 1. The molecule has 0 unspecified atom stereocenters. The third kappa shape index (κ3) is 4.34. The number of benzene rings is 2. The van der Waals surface area contributed by atoms with Crippen LogP contribution in [0.2, 0.25) is 5.02 Å². The molecule has 8 heteroatoms. The SMILES string of the molecule is COC(=O)c1ccc(-n2c(C)cc(/C=C3\NC(=O)N(Cc4ccc(Cl)cc4)C3=O)c2C)c(C)c1. The normalized spacial score (nSPS) is 14.6. The Hall–Kier alpha value is -3.84. The Bertz CT molecular complexity index is 1340. The van der Waals surface area contributed by atoms with E-state index in [2.05, 4.69) is 9.88 Å². The molecular weight excluding hydrogens is 454 g/mol. The molecule has 0 bridgehead atoms. The maximum absolute atomic E-state index is 12.9. The number of hydrogen-bond donors (Lipinski definition) is 1. The number of esters is 1. The smallest absolute Gasteiger partial charge is 0.337 e. The van der Waals surface area contributed by atoms with E-state index in [1.54, 1.807) is 42.5 Å². The van der Waals surface area contributed by atoms with E-state index >= 15 is 0 Å². The van der Waals surface area contributed by atoms with Crippen molar-refractivity contribution < 1.29 is 19.1 Å². The molecule has 2 aromatic carbocycles. The number of halogens is 1. The highest BCUT2D eigenvalue weighted by atomic mass is 35.5. The summed E-state index contributed by atoms with van der Waals surface area (Å²) in [5, 5.41) is 3.27. The summed E-state index contributed by atoms with van der Waals surface area (Å²) >= 11 is 5.92. The molecule has 0 spiro atoms. The zero-order valence-corrected chi connectivity index (χ0v) is 20.1. The third-order valence-corrected chi connectivity index (χ3v) is 6.10. The number of rotatable bonds is 5. The first-order chi connectivity index (χ1) is 16.2. The summed E-state index contributed by atoms with van der Waals surface area (Å²) in [6, 6.07) is 13.9. The Morgan fingerprint density at radius 1 is 1.06 bits per heavy atom. The van der Waals surface area contributed by atoms with Crippen molar-refractivity contribution in [1.29, 1.82) is 0 Å². The van der Waals surface area contributed by atoms with Crippen LogP contribution in [0.3, 0.4) is 0 Å². The molecule has 174 valence electrons. The molecule has 1 fully saturated rings. The van der Waals surface area contributed by atoms with Crippen molar-refractivity contribution in [2.24, 2.45) is 0 Å². The topological polar surface area (TPSA) is 80.6 Å². The fourth-order valence-corrected chi connectivity index (χ4v) is 4.22. The molecule has 1 aliphatic rings. The molecule has 3 aromatic rings.